The number of rotatable bonds is 7. The highest BCUT2D eigenvalue weighted by Gasteiger charge is 2.17. The van der Waals surface area contributed by atoms with E-state index >= 15 is 0 Å². The van der Waals surface area contributed by atoms with Crippen molar-refractivity contribution in [1.82, 2.24) is 9.88 Å². The molecule has 0 saturated heterocycles. The van der Waals surface area contributed by atoms with Gasteiger partial charge in [0.1, 0.15) is 4.88 Å². The molecule has 0 bridgehead atoms. The monoisotopic (exact) mass is 271 g/mol. The molecule has 5 nitrogen and oxygen atoms in total. The van der Waals surface area contributed by atoms with Crippen LogP contribution in [0.25, 0.3) is 0 Å². The fourth-order valence-electron chi connectivity index (χ4n) is 1.68. The van der Waals surface area contributed by atoms with Crippen LogP contribution >= 0.6 is 11.3 Å². The van der Waals surface area contributed by atoms with Gasteiger partial charge in [-0.2, -0.15) is 0 Å². The standard InChI is InChI=1S/C12H21N3O2S/c1-5-15(8-6-7-14(3)4)12-13-9(2)10(18-12)11(16)17/h5-8H2,1-4H3,(H,16,17). The number of aromatic nitrogens is 1. The minimum absolute atomic E-state index is 0.344. The first kappa shape index (κ1) is 14.9. The molecule has 1 heterocycles. The number of hydrogen-bond acceptors (Lipinski definition) is 5. The van der Waals surface area contributed by atoms with Crippen molar-refractivity contribution in [1.29, 1.82) is 0 Å². The molecular weight excluding hydrogens is 250 g/mol. The van der Waals surface area contributed by atoms with Crippen molar-refractivity contribution < 1.29 is 9.90 Å². The highest BCUT2D eigenvalue weighted by atomic mass is 32.1. The maximum atomic E-state index is 11.0. The number of aryl methyl sites for hydroxylation is 1. The number of aromatic carboxylic acids is 1. The summed E-state index contributed by atoms with van der Waals surface area (Å²) in [5, 5.41) is 9.84. The van der Waals surface area contributed by atoms with Crippen molar-refractivity contribution in [3.63, 3.8) is 0 Å². The lowest BCUT2D eigenvalue weighted by molar-refractivity contribution is 0.0701. The highest BCUT2D eigenvalue weighted by molar-refractivity contribution is 7.17. The molecule has 0 aromatic carbocycles. The second kappa shape index (κ2) is 6.70. The van der Waals surface area contributed by atoms with E-state index in [0.29, 0.717) is 10.6 Å². The Morgan fingerprint density at radius 1 is 1.39 bits per heavy atom. The molecule has 0 atom stereocenters. The maximum Gasteiger partial charge on any atom is 0.347 e. The molecule has 0 unspecified atom stereocenters. The van der Waals surface area contributed by atoms with Crippen LogP contribution in [-0.2, 0) is 0 Å². The van der Waals surface area contributed by atoms with Crippen molar-refractivity contribution >= 4 is 22.4 Å². The summed E-state index contributed by atoms with van der Waals surface area (Å²) in [6.45, 7) is 6.58. The molecule has 18 heavy (non-hydrogen) atoms. The van der Waals surface area contributed by atoms with E-state index in [1.807, 2.05) is 14.1 Å². The first-order valence-electron chi connectivity index (χ1n) is 6.06. The number of hydrogen-bond donors (Lipinski definition) is 1. The summed E-state index contributed by atoms with van der Waals surface area (Å²) in [4.78, 5) is 20.0. The Morgan fingerprint density at radius 2 is 2.06 bits per heavy atom. The molecule has 0 saturated carbocycles. The van der Waals surface area contributed by atoms with Crippen LogP contribution in [0.3, 0.4) is 0 Å². The molecule has 6 heteroatoms. The van der Waals surface area contributed by atoms with Crippen LogP contribution < -0.4 is 4.90 Å². The molecule has 1 aromatic rings. The van der Waals surface area contributed by atoms with Crippen molar-refractivity contribution in [2.45, 2.75) is 20.3 Å². The third-order valence-corrected chi connectivity index (χ3v) is 3.87. The Morgan fingerprint density at radius 3 is 2.50 bits per heavy atom. The Hall–Kier alpha value is -1.14. The Balaban J connectivity index is 2.70. The molecule has 0 aliphatic rings. The van der Waals surface area contributed by atoms with Gasteiger partial charge in [0.25, 0.3) is 0 Å². The molecule has 102 valence electrons. The quantitative estimate of drug-likeness (QED) is 0.821. The Bertz CT molecular complexity index is 404. The van der Waals surface area contributed by atoms with Crippen molar-refractivity contribution in [3.8, 4) is 0 Å². The molecule has 0 spiro atoms. The van der Waals surface area contributed by atoms with E-state index in [4.69, 9.17) is 5.11 Å². The van der Waals surface area contributed by atoms with Gasteiger partial charge in [0.15, 0.2) is 5.13 Å². The largest absolute Gasteiger partial charge is 0.477 e. The first-order chi connectivity index (χ1) is 8.45. The van der Waals surface area contributed by atoms with Crippen LogP contribution in [0.5, 0.6) is 0 Å². The third-order valence-electron chi connectivity index (χ3n) is 2.67. The van der Waals surface area contributed by atoms with Crippen LogP contribution in [0.1, 0.15) is 28.7 Å². The Kier molecular flexibility index (Phi) is 5.55. The maximum absolute atomic E-state index is 11.0. The molecule has 1 rings (SSSR count). The molecular formula is C12H21N3O2S. The van der Waals surface area contributed by atoms with E-state index in [9.17, 15) is 4.79 Å². The predicted molar refractivity (Wildman–Crippen MR) is 74.9 cm³/mol. The zero-order chi connectivity index (χ0) is 13.7. The molecule has 0 amide bonds. The first-order valence-corrected chi connectivity index (χ1v) is 6.87. The summed E-state index contributed by atoms with van der Waals surface area (Å²) in [6.07, 6.45) is 1.04. The zero-order valence-corrected chi connectivity index (χ0v) is 12.3. The fourth-order valence-corrected chi connectivity index (χ4v) is 2.68. The van der Waals surface area contributed by atoms with Gasteiger partial charge in [-0.3, -0.25) is 0 Å². The molecule has 0 fully saturated rings. The zero-order valence-electron chi connectivity index (χ0n) is 11.4. The van der Waals surface area contributed by atoms with Crippen LogP contribution in [0.4, 0.5) is 5.13 Å². The predicted octanol–water partition coefficient (Wildman–Crippen LogP) is 1.93. The smallest absolute Gasteiger partial charge is 0.347 e. The lowest BCUT2D eigenvalue weighted by atomic mass is 10.3. The number of anilines is 1. The van der Waals surface area contributed by atoms with E-state index in [1.165, 1.54) is 11.3 Å². The van der Waals surface area contributed by atoms with Gasteiger partial charge >= 0.3 is 5.97 Å². The summed E-state index contributed by atoms with van der Waals surface area (Å²) in [6, 6.07) is 0. The Labute approximate surface area is 112 Å². The normalized spacial score (nSPS) is 10.9. The van der Waals surface area contributed by atoms with Crippen LogP contribution in [0, 0.1) is 6.92 Å². The molecule has 0 aliphatic carbocycles. The lowest BCUT2D eigenvalue weighted by Crippen LogP contribution is -2.26. The fraction of sp³-hybridized carbons (Fsp3) is 0.667. The third kappa shape index (κ3) is 3.96. The summed E-state index contributed by atoms with van der Waals surface area (Å²) < 4.78 is 0. The van der Waals surface area contributed by atoms with Gasteiger partial charge < -0.3 is 14.9 Å². The summed E-state index contributed by atoms with van der Waals surface area (Å²) in [7, 11) is 4.10. The van der Waals surface area contributed by atoms with E-state index < -0.39 is 5.97 Å². The van der Waals surface area contributed by atoms with Gasteiger partial charge in [-0.05, 0) is 40.9 Å². The van der Waals surface area contributed by atoms with Gasteiger partial charge in [-0.25, -0.2) is 9.78 Å². The average molecular weight is 271 g/mol. The number of nitrogens with zero attached hydrogens (tertiary/aromatic N) is 3. The van der Waals surface area contributed by atoms with E-state index in [2.05, 4.69) is 21.7 Å². The number of carboxylic acids is 1. The minimum Gasteiger partial charge on any atom is -0.477 e. The van der Waals surface area contributed by atoms with Crippen molar-refractivity contribution in [3.05, 3.63) is 10.6 Å². The topological polar surface area (TPSA) is 56.7 Å². The van der Waals surface area contributed by atoms with Crippen LogP contribution in [0.2, 0.25) is 0 Å². The van der Waals surface area contributed by atoms with Gasteiger partial charge in [0.05, 0.1) is 5.69 Å². The SMILES string of the molecule is CCN(CCCN(C)C)c1nc(C)c(C(=O)O)s1. The molecule has 1 aromatic heterocycles. The van der Waals surface area contributed by atoms with Gasteiger partial charge in [0.2, 0.25) is 0 Å². The summed E-state index contributed by atoms with van der Waals surface area (Å²) in [5.74, 6) is -0.888. The molecule has 1 N–H and O–H groups in total. The second-order valence-electron chi connectivity index (χ2n) is 4.45. The number of carbonyl (C=O) groups is 1. The van der Waals surface area contributed by atoms with Gasteiger partial charge in [0, 0.05) is 13.1 Å². The summed E-state index contributed by atoms with van der Waals surface area (Å²) >= 11 is 1.26. The number of carboxylic acid groups (broad SMARTS) is 1. The van der Waals surface area contributed by atoms with E-state index in [0.717, 1.165) is 31.2 Å². The molecule has 0 aliphatic heterocycles. The minimum atomic E-state index is -0.888. The summed E-state index contributed by atoms with van der Waals surface area (Å²) in [5.41, 5.74) is 0.605. The van der Waals surface area contributed by atoms with E-state index in [1.54, 1.807) is 6.92 Å². The second-order valence-corrected chi connectivity index (χ2v) is 5.43. The van der Waals surface area contributed by atoms with Crippen molar-refractivity contribution in [2.24, 2.45) is 0 Å². The van der Waals surface area contributed by atoms with Crippen LogP contribution in [-0.4, -0.2) is 54.7 Å². The average Bonchev–Trinajstić information content (AvgIpc) is 2.66. The van der Waals surface area contributed by atoms with E-state index in [-0.39, 0.29) is 0 Å². The van der Waals surface area contributed by atoms with Gasteiger partial charge in [-0.15, -0.1) is 0 Å². The number of thiazole rings is 1. The van der Waals surface area contributed by atoms with Crippen molar-refractivity contribution in [2.75, 3.05) is 38.6 Å². The van der Waals surface area contributed by atoms with Crippen LogP contribution in [0.15, 0.2) is 0 Å². The lowest BCUT2D eigenvalue weighted by Gasteiger charge is -2.20. The molecule has 0 radical (unpaired) electrons. The highest BCUT2D eigenvalue weighted by Crippen LogP contribution is 2.26. The van der Waals surface area contributed by atoms with Gasteiger partial charge in [-0.1, -0.05) is 11.3 Å².